The Morgan fingerprint density at radius 2 is 1.81 bits per heavy atom. The van der Waals surface area contributed by atoms with Crippen LogP contribution in [0.2, 0.25) is 0 Å². The van der Waals surface area contributed by atoms with E-state index in [1.165, 1.54) is 12.8 Å². The van der Waals surface area contributed by atoms with Crippen LogP contribution in [-0.4, -0.2) is 36.1 Å². The fraction of sp³-hybridized carbons (Fsp3) is 0.923. The smallest absolute Gasteiger partial charge is 0.320 e. The number of ether oxygens (including phenoxy) is 1. The summed E-state index contributed by atoms with van der Waals surface area (Å²) in [4.78, 5) is 13.7. The van der Waals surface area contributed by atoms with Crippen molar-refractivity contribution in [3.05, 3.63) is 0 Å². The van der Waals surface area contributed by atoms with E-state index in [1.54, 1.807) is 0 Å². The first-order valence-electron chi connectivity index (χ1n) is 6.40. The maximum absolute atomic E-state index is 11.5. The third-order valence-electron chi connectivity index (χ3n) is 2.48. The number of carbonyl (C=O) groups is 1. The molecular formula is C13H27NO2. The summed E-state index contributed by atoms with van der Waals surface area (Å²) >= 11 is 0. The van der Waals surface area contributed by atoms with E-state index in [-0.39, 0.29) is 12.1 Å². The molecule has 96 valence electrons. The molecule has 0 fully saturated rings. The molecule has 0 rings (SSSR count). The molecule has 0 radical (unpaired) electrons. The number of hydrogen-bond acceptors (Lipinski definition) is 3. The lowest BCUT2D eigenvalue weighted by atomic mass is 10.2. The molecule has 3 heteroatoms. The molecule has 0 aliphatic carbocycles. The molecule has 0 aromatic rings. The van der Waals surface area contributed by atoms with Gasteiger partial charge in [-0.1, -0.05) is 19.8 Å². The van der Waals surface area contributed by atoms with Gasteiger partial charge in [0, 0.05) is 6.04 Å². The van der Waals surface area contributed by atoms with Crippen LogP contribution < -0.4 is 0 Å². The van der Waals surface area contributed by atoms with Crippen molar-refractivity contribution in [2.24, 2.45) is 0 Å². The second kappa shape index (κ2) is 8.57. The second-order valence-electron chi connectivity index (χ2n) is 4.81. The summed E-state index contributed by atoms with van der Waals surface area (Å²) < 4.78 is 5.16. The maximum Gasteiger partial charge on any atom is 0.320 e. The fourth-order valence-corrected chi connectivity index (χ4v) is 1.55. The average molecular weight is 229 g/mol. The number of hydrogen-bond donors (Lipinski definition) is 0. The predicted octanol–water partition coefficient (Wildman–Crippen LogP) is 2.84. The number of nitrogens with zero attached hydrogens (tertiary/aromatic N) is 1. The largest absolute Gasteiger partial charge is 0.462 e. The van der Waals surface area contributed by atoms with Crippen LogP contribution in [0.5, 0.6) is 0 Å². The third kappa shape index (κ3) is 7.69. The van der Waals surface area contributed by atoms with Gasteiger partial charge in [0.05, 0.1) is 12.6 Å². The van der Waals surface area contributed by atoms with E-state index in [2.05, 4.69) is 25.7 Å². The fourth-order valence-electron chi connectivity index (χ4n) is 1.55. The lowest BCUT2D eigenvalue weighted by molar-refractivity contribution is -0.149. The molecule has 0 aliphatic heterocycles. The highest BCUT2D eigenvalue weighted by molar-refractivity contribution is 5.71. The Morgan fingerprint density at radius 1 is 1.19 bits per heavy atom. The van der Waals surface area contributed by atoms with Crippen LogP contribution in [0.3, 0.4) is 0 Å². The normalized spacial score (nSPS) is 11.5. The summed E-state index contributed by atoms with van der Waals surface area (Å²) in [5, 5.41) is 0. The summed E-state index contributed by atoms with van der Waals surface area (Å²) in [6.07, 6.45) is 3.58. The van der Waals surface area contributed by atoms with E-state index in [4.69, 9.17) is 4.74 Å². The van der Waals surface area contributed by atoms with Crippen LogP contribution in [0.1, 0.15) is 53.9 Å². The highest BCUT2D eigenvalue weighted by Gasteiger charge is 2.15. The first kappa shape index (κ1) is 15.4. The zero-order valence-electron chi connectivity index (χ0n) is 11.5. The number of carbonyl (C=O) groups excluding carboxylic acids is 1. The molecule has 16 heavy (non-hydrogen) atoms. The molecule has 0 saturated carbocycles. The van der Waals surface area contributed by atoms with Crippen LogP contribution in [-0.2, 0) is 9.53 Å². The Bertz CT molecular complexity index is 190. The van der Waals surface area contributed by atoms with Gasteiger partial charge in [0.15, 0.2) is 0 Å². The van der Waals surface area contributed by atoms with Gasteiger partial charge in [0.2, 0.25) is 0 Å². The quantitative estimate of drug-likeness (QED) is 0.473. The van der Waals surface area contributed by atoms with Gasteiger partial charge in [-0.15, -0.1) is 0 Å². The van der Waals surface area contributed by atoms with Gasteiger partial charge in [-0.05, 0) is 40.7 Å². The van der Waals surface area contributed by atoms with Crippen LogP contribution in [0, 0.1) is 0 Å². The molecule has 0 N–H and O–H groups in total. The highest BCUT2D eigenvalue weighted by atomic mass is 16.5. The van der Waals surface area contributed by atoms with Gasteiger partial charge in [0.25, 0.3) is 0 Å². The highest BCUT2D eigenvalue weighted by Crippen LogP contribution is 2.04. The van der Waals surface area contributed by atoms with Crippen molar-refractivity contribution in [2.75, 3.05) is 13.1 Å². The lowest BCUT2D eigenvalue weighted by Crippen LogP contribution is -2.37. The topological polar surface area (TPSA) is 29.5 Å². The first-order chi connectivity index (χ1) is 7.47. The monoisotopic (exact) mass is 229 g/mol. The molecule has 0 heterocycles. The molecule has 0 spiro atoms. The summed E-state index contributed by atoms with van der Waals surface area (Å²) in [5.41, 5.74) is 0. The van der Waals surface area contributed by atoms with E-state index in [0.29, 0.717) is 12.6 Å². The van der Waals surface area contributed by atoms with Crippen molar-refractivity contribution in [1.29, 1.82) is 0 Å². The van der Waals surface area contributed by atoms with E-state index in [9.17, 15) is 4.79 Å². The van der Waals surface area contributed by atoms with Crippen LogP contribution in [0.4, 0.5) is 0 Å². The minimum Gasteiger partial charge on any atom is -0.462 e. The van der Waals surface area contributed by atoms with Crippen LogP contribution in [0.25, 0.3) is 0 Å². The Morgan fingerprint density at radius 3 is 2.25 bits per heavy atom. The van der Waals surface area contributed by atoms with E-state index < -0.39 is 0 Å². The molecule has 0 bridgehead atoms. The van der Waals surface area contributed by atoms with Crippen LogP contribution >= 0.6 is 0 Å². The van der Waals surface area contributed by atoms with Gasteiger partial charge < -0.3 is 4.74 Å². The standard InChI is InChI=1S/C13H27NO2/c1-6-7-8-9-14(11(2)3)10-13(15)16-12(4)5/h11-12H,6-10H2,1-5H3. The van der Waals surface area contributed by atoms with Gasteiger partial charge in [-0.2, -0.15) is 0 Å². The van der Waals surface area contributed by atoms with E-state index >= 15 is 0 Å². The van der Waals surface area contributed by atoms with Gasteiger partial charge in [0.1, 0.15) is 0 Å². The zero-order valence-corrected chi connectivity index (χ0v) is 11.5. The van der Waals surface area contributed by atoms with Crippen molar-refractivity contribution in [3.8, 4) is 0 Å². The van der Waals surface area contributed by atoms with Gasteiger partial charge in [-0.3, -0.25) is 9.69 Å². The molecule has 3 nitrogen and oxygen atoms in total. The Hall–Kier alpha value is -0.570. The van der Waals surface area contributed by atoms with Crippen molar-refractivity contribution < 1.29 is 9.53 Å². The molecule has 0 saturated heterocycles. The zero-order chi connectivity index (χ0) is 12.6. The molecule has 0 aromatic carbocycles. The number of unbranched alkanes of at least 4 members (excludes halogenated alkanes) is 2. The van der Waals surface area contributed by atoms with Gasteiger partial charge in [-0.25, -0.2) is 0 Å². The summed E-state index contributed by atoms with van der Waals surface area (Å²) in [7, 11) is 0. The van der Waals surface area contributed by atoms with Crippen molar-refractivity contribution in [2.45, 2.75) is 66.0 Å². The van der Waals surface area contributed by atoms with E-state index in [0.717, 1.165) is 13.0 Å². The molecule has 0 amide bonds. The Labute approximate surface area is 100 Å². The molecular weight excluding hydrogens is 202 g/mol. The van der Waals surface area contributed by atoms with Crippen LogP contribution in [0.15, 0.2) is 0 Å². The van der Waals surface area contributed by atoms with Gasteiger partial charge >= 0.3 is 5.97 Å². The summed E-state index contributed by atoms with van der Waals surface area (Å²) in [5.74, 6) is -0.111. The molecule has 0 aromatic heterocycles. The molecule has 0 unspecified atom stereocenters. The maximum atomic E-state index is 11.5. The predicted molar refractivity (Wildman–Crippen MR) is 67.5 cm³/mol. The summed E-state index contributed by atoms with van der Waals surface area (Å²) in [6, 6.07) is 0.400. The second-order valence-corrected chi connectivity index (χ2v) is 4.81. The summed E-state index contributed by atoms with van der Waals surface area (Å²) in [6.45, 7) is 11.6. The first-order valence-corrected chi connectivity index (χ1v) is 6.40. The minimum absolute atomic E-state index is 0.0165. The van der Waals surface area contributed by atoms with Crippen molar-refractivity contribution in [1.82, 2.24) is 4.90 Å². The molecule has 0 aliphatic rings. The SMILES string of the molecule is CCCCCN(CC(=O)OC(C)C)C(C)C. The third-order valence-corrected chi connectivity index (χ3v) is 2.48. The minimum atomic E-state index is -0.111. The molecule has 0 atom stereocenters. The average Bonchev–Trinajstić information content (AvgIpc) is 2.15. The van der Waals surface area contributed by atoms with Crippen molar-refractivity contribution in [3.63, 3.8) is 0 Å². The number of rotatable bonds is 8. The van der Waals surface area contributed by atoms with Crippen molar-refractivity contribution >= 4 is 5.97 Å². The lowest BCUT2D eigenvalue weighted by Gasteiger charge is -2.25. The Kier molecular flexibility index (Phi) is 8.26. The van der Waals surface area contributed by atoms with E-state index in [1.807, 2.05) is 13.8 Å². The Balaban J connectivity index is 3.97. The number of esters is 1.